The summed E-state index contributed by atoms with van der Waals surface area (Å²) in [7, 11) is 0. The van der Waals surface area contributed by atoms with E-state index < -0.39 is 11.8 Å². The lowest BCUT2D eigenvalue weighted by atomic mass is 10.2. The third-order valence-corrected chi connectivity index (χ3v) is 4.36. The highest BCUT2D eigenvalue weighted by Crippen LogP contribution is 2.23. The van der Waals surface area contributed by atoms with Crippen molar-refractivity contribution in [3.05, 3.63) is 17.3 Å². The minimum absolute atomic E-state index is 0.152. The number of likely N-dealkylation sites (tertiary alicyclic amines) is 1. The van der Waals surface area contributed by atoms with E-state index in [-0.39, 0.29) is 11.7 Å². The molecular weight excluding hydrogens is 336 g/mol. The van der Waals surface area contributed by atoms with E-state index in [1.807, 2.05) is 19.9 Å². The van der Waals surface area contributed by atoms with E-state index in [9.17, 15) is 14.4 Å². The monoisotopic (exact) mass is 358 g/mol. The zero-order valence-electron chi connectivity index (χ0n) is 14.9. The largest absolute Gasteiger partial charge is 0.348 e. The number of aromatic amines is 1. The van der Waals surface area contributed by atoms with Crippen molar-refractivity contribution in [1.29, 1.82) is 0 Å². The number of carbonyl (C=O) groups is 3. The molecule has 0 radical (unpaired) electrons. The van der Waals surface area contributed by atoms with Gasteiger partial charge in [-0.25, -0.2) is 4.98 Å². The van der Waals surface area contributed by atoms with Crippen LogP contribution in [0.5, 0.6) is 0 Å². The van der Waals surface area contributed by atoms with Crippen LogP contribution in [0.1, 0.15) is 30.5 Å². The molecule has 0 aliphatic carbocycles. The van der Waals surface area contributed by atoms with Crippen LogP contribution in [0.4, 0.5) is 5.82 Å². The van der Waals surface area contributed by atoms with Gasteiger partial charge in [0, 0.05) is 31.7 Å². The first kappa shape index (κ1) is 17.8. The predicted molar refractivity (Wildman–Crippen MR) is 95.4 cm³/mol. The molecular formula is C17H22N6O3. The third kappa shape index (κ3) is 3.81. The Kier molecular flexibility index (Phi) is 5.15. The smallest absolute Gasteiger partial charge is 0.314 e. The average molecular weight is 358 g/mol. The molecule has 0 atom stereocenters. The van der Waals surface area contributed by atoms with Gasteiger partial charge in [0.25, 0.3) is 0 Å². The molecule has 3 amide bonds. The van der Waals surface area contributed by atoms with Gasteiger partial charge in [0.05, 0.1) is 5.39 Å². The molecule has 0 aromatic carbocycles. The fourth-order valence-corrected chi connectivity index (χ4v) is 3.13. The van der Waals surface area contributed by atoms with Crippen molar-refractivity contribution < 1.29 is 14.4 Å². The maximum atomic E-state index is 12.1. The molecule has 3 heterocycles. The number of carbonyl (C=O) groups excluding carboxylic acids is 3. The number of amides is 3. The molecule has 1 aliphatic rings. The lowest BCUT2D eigenvalue weighted by Gasteiger charge is -2.15. The van der Waals surface area contributed by atoms with Crippen molar-refractivity contribution in [1.82, 2.24) is 25.4 Å². The molecule has 9 heteroatoms. The van der Waals surface area contributed by atoms with Crippen molar-refractivity contribution in [3.8, 4) is 0 Å². The van der Waals surface area contributed by atoms with E-state index in [1.165, 1.54) is 0 Å². The zero-order valence-corrected chi connectivity index (χ0v) is 14.9. The third-order valence-electron chi connectivity index (χ3n) is 4.36. The second kappa shape index (κ2) is 7.51. The molecule has 2 aromatic heterocycles. The number of nitrogens with zero attached hydrogens (tertiary/aromatic N) is 3. The lowest BCUT2D eigenvalue weighted by molar-refractivity contribution is -0.136. The van der Waals surface area contributed by atoms with E-state index >= 15 is 0 Å². The minimum Gasteiger partial charge on any atom is -0.348 e. The van der Waals surface area contributed by atoms with Crippen molar-refractivity contribution in [3.63, 3.8) is 0 Å². The normalized spacial score (nSPS) is 14.1. The van der Waals surface area contributed by atoms with Crippen molar-refractivity contribution in [2.24, 2.45) is 0 Å². The average Bonchev–Trinajstić information content (AvgIpc) is 3.17. The van der Waals surface area contributed by atoms with Crippen LogP contribution in [0.25, 0.3) is 11.0 Å². The maximum Gasteiger partial charge on any atom is 0.314 e. The molecule has 0 bridgehead atoms. The van der Waals surface area contributed by atoms with Crippen LogP contribution >= 0.6 is 0 Å². The topological polar surface area (TPSA) is 120 Å². The summed E-state index contributed by atoms with van der Waals surface area (Å²) in [5, 5.41) is 12.6. The molecule has 3 rings (SSSR count). The molecule has 1 fully saturated rings. The highest BCUT2D eigenvalue weighted by molar-refractivity contribution is 6.40. The van der Waals surface area contributed by atoms with E-state index in [2.05, 4.69) is 25.8 Å². The SMILES string of the molecule is Cc1cc(C)c2c(NC(=O)C(=O)NCCCN3CCCC3=O)n[nH]c2n1. The summed E-state index contributed by atoms with van der Waals surface area (Å²) in [5.41, 5.74) is 2.31. The Morgan fingerprint density at radius 3 is 2.85 bits per heavy atom. The highest BCUT2D eigenvalue weighted by atomic mass is 16.2. The van der Waals surface area contributed by atoms with Crippen molar-refractivity contribution in [2.75, 3.05) is 25.0 Å². The first-order valence-corrected chi connectivity index (χ1v) is 8.65. The number of H-pyrrole nitrogens is 1. The van der Waals surface area contributed by atoms with Gasteiger partial charge in [0.2, 0.25) is 5.91 Å². The summed E-state index contributed by atoms with van der Waals surface area (Å²) < 4.78 is 0. The van der Waals surface area contributed by atoms with Crippen LogP contribution in [0.15, 0.2) is 6.07 Å². The predicted octanol–water partition coefficient (Wildman–Crippen LogP) is 0.642. The van der Waals surface area contributed by atoms with Crippen molar-refractivity contribution >= 4 is 34.6 Å². The number of hydrogen-bond acceptors (Lipinski definition) is 5. The molecule has 0 spiro atoms. The molecule has 2 aromatic rings. The number of hydrogen-bond donors (Lipinski definition) is 3. The van der Waals surface area contributed by atoms with Gasteiger partial charge < -0.3 is 15.5 Å². The minimum atomic E-state index is -0.782. The van der Waals surface area contributed by atoms with Gasteiger partial charge >= 0.3 is 11.8 Å². The van der Waals surface area contributed by atoms with Crippen LogP contribution in [0.2, 0.25) is 0 Å². The fourth-order valence-electron chi connectivity index (χ4n) is 3.13. The van der Waals surface area contributed by atoms with Crippen LogP contribution in [0, 0.1) is 13.8 Å². The summed E-state index contributed by atoms with van der Waals surface area (Å²) in [6.45, 7) is 5.45. The van der Waals surface area contributed by atoms with Gasteiger partial charge in [-0.15, -0.1) is 0 Å². The molecule has 1 saturated heterocycles. The van der Waals surface area contributed by atoms with E-state index in [4.69, 9.17) is 0 Å². The van der Waals surface area contributed by atoms with Gasteiger partial charge in [0.15, 0.2) is 11.5 Å². The number of anilines is 1. The molecule has 3 N–H and O–H groups in total. The summed E-state index contributed by atoms with van der Waals surface area (Å²) in [6.07, 6.45) is 2.09. The number of nitrogens with one attached hydrogen (secondary N) is 3. The summed E-state index contributed by atoms with van der Waals surface area (Å²) >= 11 is 0. The van der Waals surface area contributed by atoms with Crippen LogP contribution in [0.3, 0.4) is 0 Å². The first-order valence-electron chi connectivity index (χ1n) is 8.65. The number of pyridine rings is 1. The summed E-state index contributed by atoms with van der Waals surface area (Å²) in [5.74, 6) is -1.08. The van der Waals surface area contributed by atoms with Crippen LogP contribution < -0.4 is 10.6 Å². The van der Waals surface area contributed by atoms with Gasteiger partial charge in [-0.2, -0.15) is 5.10 Å². The fraction of sp³-hybridized carbons (Fsp3) is 0.471. The van der Waals surface area contributed by atoms with Crippen molar-refractivity contribution in [2.45, 2.75) is 33.1 Å². The molecule has 0 saturated carbocycles. The molecule has 9 nitrogen and oxygen atoms in total. The van der Waals surface area contributed by atoms with Crippen LogP contribution in [-0.2, 0) is 14.4 Å². The standard InChI is InChI=1S/C17H22N6O3/c1-10-9-11(2)19-14-13(10)15(22-21-14)20-17(26)16(25)18-6-4-8-23-7-3-5-12(23)24/h9H,3-8H2,1-2H3,(H,18,25)(H2,19,20,21,22,26). The Morgan fingerprint density at radius 2 is 2.12 bits per heavy atom. The molecule has 1 aliphatic heterocycles. The second-order valence-corrected chi connectivity index (χ2v) is 6.42. The van der Waals surface area contributed by atoms with Gasteiger partial charge in [-0.05, 0) is 38.3 Å². The highest BCUT2D eigenvalue weighted by Gasteiger charge is 2.20. The Bertz CT molecular complexity index is 860. The Morgan fingerprint density at radius 1 is 1.31 bits per heavy atom. The molecule has 138 valence electrons. The second-order valence-electron chi connectivity index (χ2n) is 6.42. The first-order chi connectivity index (χ1) is 12.5. The van der Waals surface area contributed by atoms with Gasteiger partial charge in [-0.1, -0.05) is 0 Å². The Balaban J connectivity index is 1.51. The number of aryl methyl sites for hydroxylation is 2. The quantitative estimate of drug-likeness (QED) is 0.535. The molecule has 0 unspecified atom stereocenters. The van der Waals surface area contributed by atoms with E-state index in [0.717, 1.165) is 24.2 Å². The van der Waals surface area contributed by atoms with E-state index in [1.54, 1.807) is 4.90 Å². The van der Waals surface area contributed by atoms with Gasteiger partial charge in [0.1, 0.15) is 0 Å². The summed E-state index contributed by atoms with van der Waals surface area (Å²) in [6, 6.07) is 1.88. The maximum absolute atomic E-state index is 12.1. The number of aromatic nitrogens is 3. The van der Waals surface area contributed by atoms with E-state index in [0.29, 0.717) is 37.0 Å². The Hall–Kier alpha value is -2.97. The number of fused-ring (bicyclic) bond motifs is 1. The number of rotatable bonds is 5. The zero-order chi connectivity index (χ0) is 18.7. The summed E-state index contributed by atoms with van der Waals surface area (Å²) in [4.78, 5) is 41.6. The lowest BCUT2D eigenvalue weighted by Crippen LogP contribution is -2.37. The Labute approximate surface area is 150 Å². The van der Waals surface area contributed by atoms with Crippen LogP contribution in [-0.4, -0.2) is 57.4 Å². The molecule has 26 heavy (non-hydrogen) atoms. The van der Waals surface area contributed by atoms with Gasteiger partial charge in [-0.3, -0.25) is 19.5 Å².